The van der Waals surface area contributed by atoms with Crippen LogP contribution in [0.5, 0.6) is 0 Å². The zero-order chi connectivity index (χ0) is 19.2. The highest BCUT2D eigenvalue weighted by Gasteiger charge is 2.27. The smallest absolute Gasteiger partial charge is 0.338 e. The normalized spacial score (nSPS) is 10.9. The van der Waals surface area contributed by atoms with Crippen LogP contribution in [-0.2, 0) is 16.1 Å². The molecule has 0 unspecified atom stereocenters. The molecular weight excluding hydrogens is 330 g/mol. The van der Waals surface area contributed by atoms with Gasteiger partial charge < -0.3 is 9.64 Å². The van der Waals surface area contributed by atoms with Crippen molar-refractivity contribution in [1.29, 1.82) is 0 Å². The lowest BCUT2D eigenvalue weighted by atomic mass is 10.0. The zero-order valence-corrected chi connectivity index (χ0v) is 15.3. The average molecular weight is 353 g/mol. The first-order chi connectivity index (χ1) is 12.3. The van der Waals surface area contributed by atoms with E-state index in [1.54, 1.807) is 4.90 Å². The standard InChI is InChI=1S/C21H23NO4/c1-21(2,3)22(13-16-7-5-4-6-8-16)19(24)15-26-20(25)18-11-9-17(14-23)10-12-18/h4-12,14H,13,15H2,1-3H3. The lowest BCUT2D eigenvalue weighted by Gasteiger charge is -2.35. The van der Waals surface area contributed by atoms with Crippen LogP contribution >= 0.6 is 0 Å². The van der Waals surface area contributed by atoms with Crippen molar-refractivity contribution < 1.29 is 19.1 Å². The van der Waals surface area contributed by atoms with Gasteiger partial charge in [0.15, 0.2) is 6.61 Å². The average Bonchev–Trinajstić information content (AvgIpc) is 2.64. The Balaban J connectivity index is 2.02. The number of hydrogen-bond donors (Lipinski definition) is 0. The van der Waals surface area contributed by atoms with Gasteiger partial charge in [-0.1, -0.05) is 42.5 Å². The third kappa shape index (κ3) is 5.28. The fourth-order valence-electron chi connectivity index (χ4n) is 2.45. The summed E-state index contributed by atoms with van der Waals surface area (Å²) in [5.74, 6) is -0.858. The summed E-state index contributed by atoms with van der Waals surface area (Å²) in [4.78, 5) is 37.1. The van der Waals surface area contributed by atoms with Crippen LogP contribution in [0.25, 0.3) is 0 Å². The van der Waals surface area contributed by atoms with E-state index in [2.05, 4.69) is 0 Å². The van der Waals surface area contributed by atoms with Crippen molar-refractivity contribution in [1.82, 2.24) is 4.90 Å². The van der Waals surface area contributed by atoms with Crippen LogP contribution in [0.3, 0.4) is 0 Å². The number of ether oxygens (including phenoxy) is 1. The lowest BCUT2D eigenvalue weighted by Crippen LogP contribution is -2.46. The summed E-state index contributed by atoms with van der Waals surface area (Å²) in [6.07, 6.45) is 0.698. The first kappa shape index (κ1) is 19.4. The first-order valence-corrected chi connectivity index (χ1v) is 8.38. The van der Waals surface area contributed by atoms with Gasteiger partial charge in [-0.3, -0.25) is 9.59 Å². The fraction of sp³-hybridized carbons (Fsp3) is 0.286. The van der Waals surface area contributed by atoms with Gasteiger partial charge in [0, 0.05) is 17.6 Å². The number of esters is 1. The number of nitrogens with zero attached hydrogens (tertiary/aromatic N) is 1. The van der Waals surface area contributed by atoms with Crippen molar-refractivity contribution >= 4 is 18.2 Å². The van der Waals surface area contributed by atoms with Gasteiger partial charge in [0.05, 0.1) is 5.56 Å². The van der Waals surface area contributed by atoms with Crippen molar-refractivity contribution in [2.45, 2.75) is 32.9 Å². The quantitative estimate of drug-likeness (QED) is 0.589. The monoisotopic (exact) mass is 353 g/mol. The highest BCUT2D eigenvalue weighted by Crippen LogP contribution is 2.18. The van der Waals surface area contributed by atoms with Gasteiger partial charge in [0.25, 0.3) is 5.91 Å². The first-order valence-electron chi connectivity index (χ1n) is 8.38. The lowest BCUT2D eigenvalue weighted by molar-refractivity contribution is -0.140. The van der Waals surface area contributed by atoms with Crippen molar-refractivity contribution in [3.8, 4) is 0 Å². The Morgan fingerprint density at radius 2 is 1.62 bits per heavy atom. The highest BCUT2D eigenvalue weighted by molar-refractivity contribution is 5.92. The van der Waals surface area contributed by atoms with Gasteiger partial charge in [-0.25, -0.2) is 4.79 Å². The number of aldehydes is 1. The largest absolute Gasteiger partial charge is 0.452 e. The molecule has 0 spiro atoms. The topological polar surface area (TPSA) is 63.7 Å². The van der Waals surface area contributed by atoms with E-state index in [9.17, 15) is 14.4 Å². The Morgan fingerprint density at radius 1 is 1.00 bits per heavy atom. The maximum atomic E-state index is 12.6. The summed E-state index contributed by atoms with van der Waals surface area (Å²) in [5, 5.41) is 0. The van der Waals surface area contributed by atoms with E-state index in [1.165, 1.54) is 24.3 Å². The minimum atomic E-state index is -0.593. The number of rotatable bonds is 6. The SMILES string of the molecule is CC(C)(C)N(Cc1ccccc1)C(=O)COC(=O)c1ccc(C=O)cc1. The molecule has 1 amide bonds. The highest BCUT2D eigenvalue weighted by atomic mass is 16.5. The molecular formula is C21H23NO4. The van der Waals surface area contributed by atoms with Crippen LogP contribution in [0, 0.1) is 0 Å². The molecule has 0 heterocycles. The van der Waals surface area contributed by atoms with Crippen LogP contribution in [0.2, 0.25) is 0 Å². The number of amides is 1. The van der Waals surface area contributed by atoms with E-state index < -0.39 is 11.5 Å². The van der Waals surface area contributed by atoms with E-state index in [0.717, 1.165) is 5.56 Å². The number of benzene rings is 2. The zero-order valence-electron chi connectivity index (χ0n) is 15.3. The number of hydrogen-bond acceptors (Lipinski definition) is 4. The third-order valence-electron chi connectivity index (χ3n) is 3.90. The molecule has 0 aromatic heterocycles. The van der Waals surface area contributed by atoms with Gasteiger partial charge in [-0.15, -0.1) is 0 Å². The Bertz CT molecular complexity index is 761. The van der Waals surface area contributed by atoms with Crippen LogP contribution in [0.15, 0.2) is 54.6 Å². The van der Waals surface area contributed by atoms with Crippen LogP contribution in [-0.4, -0.2) is 35.2 Å². The second-order valence-corrected chi connectivity index (χ2v) is 6.95. The molecule has 0 radical (unpaired) electrons. The predicted molar refractivity (Wildman–Crippen MR) is 98.9 cm³/mol. The van der Waals surface area contributed by atoms with Gasteiger partial charge >= 0.3 is 5.97 Å². The molecule has 0 aliphatic rings. The number of carbonyl (C=O) groups is 3. The van der Waals surface area contributed by atoms with Gasteiger partial charge in [0.2, 0.25) is 0 Å². The molecule has 0 saturated carbocycles. The summed E-state index contributed by atoms with van der Waals surface area (Å²) >= 11 is 0. The molecule has 0 bridgehead atoms. The Morgan fingerprint density at radius 3 is 2.15 bits per heavy atom. The van der Waals surface area contributed by atoms with E-state index in [4.69, 9.17) is 4.74 Å². The summed E-state index contributed by atoms with van der Waals surface area (Å²) in [5.41, 5.74) is 1.37. The molecule has 5 nitrogen and oxygen atoms in total. The number of carbonyl (C=O) groups excluding carboxylic acids is 3. The Hall–Kier alpha value is -2.95. The molecule has 0 aliphatic carbocycles. The minimum Gasteiger partial charge on any atom is -0.452 e. The van der Waals surface area contributed by atoms with E-state index in [-0.39, 0.29) is 12.5 Å². The second kappa shape index (κ2) is 8.43. The molecule has 2 rings (SSSR count). The predicted octanol–water partition coefficient (Wildman–Crippen LogP) is 3.48. The van der Waals surface area contributed by atoms with Gasteiger partial charge in [0.1, 0.15) is 6.29 Å². The van der Waals surface area contributed by atoms with Crippen molar-refractivity contribution in [2.24, 2.45) is 0 Å². The van der Waals surface area contributed by atoms with Crippen LogP contribution in [0.1, 0.15) is 47.1 Å². The van der Waals surface area contributed by atoms with Crippen molar-refractivity contribution in [3.63, 3.8) is 0 Å². The second-order valence-electron chi connectivity index (χ2n) is 6.95. The summed E-state index contributed by atoms with van der Waals surface area (Å²) in [6.45, 7) is 5.92. The minimum absolute atomic E-state index is 0.265. The summed E-state index contributed by atoms with van der Waals surface area (Å²) in [7, 11) is 0. The van der Waals surface area contributed by atoms with E-state index >= 15 is 0 Å². The van der Waals surface area contributed by atoms with Crippen molar-refractivity contribution in [2.75, 3.05) is 6.61 Å². The van der Waals surface area contributed by atoms with Gasteiger partial charge in [-0.05, 0) is 38.5 Å². The molecule has 0 fully saturated rings. The van der Waals surface area contributed by atoms with Gasteiger partial charge in [-0.2, -0.15) is 0 Å². The molecule has 5 heteroatoms. The van der Waals surface area contributed by atoms with E-state index in [0.29, 0.717) is 24.0 Å². The molecule has 2 aromatic rings. The Kier molecular flexibility index (Phi) is 6.28. The molecule has 26 heavy (non-hydrogen) atoms. The van der Waals surface area contributed by atoms with Crippen LogP contribution < -0.4 is 0 Å². The van der Waals surface area contributed by atoms with Crippen LogP contribution in [0.4, 0.5) is 0 Å². The molecule has 0 aliphatic heterocycles. The molecule has 136 valence electrons. The van der Waals surface area contributed by atoms with E-state index in [1.807, 2.05) is 51.1 Å². The Labute approximate surface area is 153 Å². The molecule has 0 saturated heterocycles. The maximum Gasteiger partial charge on any atom is 0.338 e. The molecule has 2 aromatic carbocycles. The van der Waals surface area contributed by atoms with Crippen molar-refractivity contribution in [3.05, 3.63) is 71.3 Å². The summed E-state index contributed by atoms with van der Waals surface area (Å²) in [6, 6.07) is 15.7. The molecule has 0 N–H and O–H groups in total. The maximum absolute atomic E-state index is 12.6. The summed E-state index contributed by atoms with van der Waals surface area (Å²) < 4.78 is 5.16. The third-order valence-corrected chi connectivity index (χ3v) is 3.90. The fourth-order valence-corrected chi connectivity index (χ4v) is 2.45. The molecule has 0 atom stereocenters.